The van der Waals surface area contributed by atoms with E-state index in [1.54, 1.807) is 12.1 Å². The van der Waals surface area contributed by atoms with Crippen molar-refractivity contribution in [2.75, 3.05) is 31.9 Å². The molecular weight excluding hydrogens is 354 g/mol. The van der Waals surface area contributed by atoms with E-state index in [4.69, 9.17) is 5.73 Å². The minimum atomic E-state index is -3.56. The predicted octanol–water partition coefficient (Wildman–Crippen LogP) is 2.19. The maximum Gasteiger partial charge on any atom is 0.242 e. The van der Waals surface area contributed by atoms with Crippen molar-refractivity contribution in [2.45, 2.75) is 30.6 Å². The Morgan fingerprint density at radius 2 is 1.86 bits per heavy atom. The molecule has 1 saturated heterocycles. The van der Waals surface area contributed by atoms with Crippen molar-refractivity contribution >= 4 is 31.6 Å². The third-order valence-corrected chi connectivity index (χ3v) is 5.69. The summed E-state index contributed by atoms with van der Waals surface area (Å²) in [6.45, 7) is 3.27. The molecule has 1 fully saturated rings. The first-order chi connectivity index (χ1) is 9.99. The van der Waals surface area contributed by atoms with Crippen molar-refractivity contribution < 1.29 is 8.42 Å². The summed E-state index contributed by atoms with van der Waals surface area (Å²) in [7, 11) is -3.56. The molecule has 0 amide bonds. The van der Waals surface area contributed by atoms with Crippen molar-refractivity contribution in [3.8, 4) is 0 Å². The zero-order valence-electron chi connectivity index (χ0n) is 12.0. The average molecular weight is 376 g/mol. The van der Waals surface area contributed by atoms with Gasteiger partial charge in [-0.3, -0.25) is 0 Å². The molecule has 1 aromatic carbocycles. The number of likely N-dealkylation sites (tertiary alicyclic amines) is 1. The molecule has 5 nitrogen and oxygen atoms in total. The Kier molecular flexibility index (Phi) is 6.04. The van der Waals surface area contributed by atoms with Gasteiger partial charge in [0.25, 0.3) is 0 Å². The van der Waals surface area contributed by atoms with E-state index < -0.39 is 10.0 Å². The topological polar surface area (TPSA) is 75.4 Å². The van der Waals surface area contributed by atoms with E-state index in [0.29, 0.717) is 11.0 Å². The molecule has 118 valence electrons. The van der Waals surface area contributed by atoms with Crippen LogP contribution < -0.4 is 10.5 Å². The van der Waals surface area contributed by atoms with Gasteiger partial charge in [0.1, 0.15) is 4.90 Å². The Morgan fingerprint density at radius 1 is 1.19 bits per heavy atom. The molecule has 0 atom stereocenters. The molecule has 0 aromatic heterocycles. The van der Waals surface area contributed by atoms with Gasteiger partial charge in [-0.1, -0.05) is 28.8 Å². The van der Waals surface area contributed by atoms with Crippen LogP contribution in [0.4, 0.5) is 5.69 Å². The van der Waals surface area contributed by atoms with Gasteiger partial charge in [0, 0.05) is 17.6 Å². The van der Waals surface area contributed by atoms with Gasteiger partial charge in [-0.25, -0.2) is 13.1 Å². The normalized spacial score (nSPS) is 17.6. The molecule has 0 spiro atoms. The van der Waals surface area contributed by atoms with E-state index in [9.17, 15) is 8.42 Å². The van der Waals surface area contributed by atoms with Gasteiger partial charge in [0.15, 0.2) is 0 Å². The van der Waals surface area contributed by atoms with Crippen molar-refractivity contribution in [1.29, 1.82) is 0 Å². The number of anilines is 1. The van der Waals surface area contributed by atoms with Crippen molar-refractivity contribution in [1.82, 2.24) is 9.62 Å². The number of benzene rings is 1. The lowest BCUT2D eigenvalue weighted by molar-refractivity contribution is 0.290. The Balaban J connectivity index is 1.93. The Labute approximate surface area is 135 Å². The summed E-state index contributed by atoms with van der Waals surface area (Å²) in [5.41, 5.74) is 6.02. The van der Waals surface area contributed by atoms with E-state index in [1.807, 2.05) is 0 Å². The summed E-state index contributed by atoms with van der Waals surface area (Å²) in [5, 5.41) is 0. The van der Waals surface area contributed by atoms with Gasteiger partial charge >= 0.3 is 0 Å². The summed E-state index contributed by atoms with van der Waals surface area (Å²) in [6.07, 6.45) is 4.95. The second kappa shape index (κ2) is 7.58. The molecule has 21 heavy (non-hydrogen) atoms. The third kappa shape index (κ3) is 4.95. The highest BCUT2D eigenvalue weighted by molar-refractivity contribution is 9.10. The van der Waals surface area contributed by atoms with E-state index in [2.05, 4.69) is 25.6 Å². The lowest BCUT2D eigenvalue weighted by Crippen LogP contribution is -2.35. The highest BCUT2D eigenvalue weighted by Gasteiger charge is 2.18. The van der Waals surface area contributed by atoms with Gasteiger partial charge < -0.3 is 10.6 Å². The number of nitrogens with two attached hydrogens (primary N) is 1. The van der Waals surface area contributed by atoms with Crippen molar-refractivity contribution in [3.05, 3.63) is 22.7 Å². The maximum atomic E-state index is 12.3. The number of nitrogens with zero attached hydrogens (tertiary/aromatic N) is 1. The number of hydrogen-bond donors (Lipinski definition) is 2. The molecular formula is C14H22BrN3O2S. The largest absolute Gasteiger partial charge is 0.398 e. The van der Waals surface area contributed by atoms with Gasteiger partial charge in [-0.15, -0.1) is 0 Å². The highest BCUT2D eigenvalue weighted by Crippen LogP contribution is 2.22. The van der Waals surface area contributed by atoms with Gasteiger partial charge in [-0.2, -0.15) is 0 Å². The van der Waals surface area contributed by atoms with E-state index >= 15 is 0 Å². The van der Waals surface area contributed by atoms with E-state index in [0.717, 1.165) is 19.6 Å². The van der Waals surface area contributed by atoms with Crippen LogP contribution >= 0.6 is 15.9 Å². The molecule has 1 aliphatic heterocycles. The fourth-order valence-electron chi connectivity index (χ4n) is 2.52. The second-order valence-electron chi connectivity index (χ2n) is 5.34. The fourth-order valence-corrected chi connectivity index (χ4v) is 4.21. The van der Waals surface area contributed by atoms with Crippen LogP contribution in [0.15, 0.2) is 27.6 Å². The zero-order valence-corrected chi connectivity index (χ0v) is 14.4. The Bertz CT molecular complexity index is 570. The summed E-state index contributed by atoms with van der Waals surface area (Å²) in [6, 6.07) is 4.85. The monoisotopic (exact) mass is 375 g/mol. The molecule has 3 N–H and O–H groups in total. The first-order valence-corrected chi connectivity index (χ1v) is 9.54. The van der Waals surface area contributed by atoms with Crippen LogP contribution in [-0.4, -0.2) is 39.5 Å². The molecule has 1 aliphatic rings. The first-order valence-electron chi connectivity index (χ1n) is 7.26. The van der Waals surface area contributed by atoms with Crippen LogP contribution in [0.5, 0.6) is 0 Å². The molecule has 0 unspecified atom stereocenters. The molecule has 0 bridgehead atoms. The second-order valence-corrected chi connectivity index (χ2v) is 7.99. The lowest BCUT2D eigenvalue weighted by atomic mass is 10.2. The fraction of sp³-hybridized carbons (Fsp3) is 0.571. The molecule has 1 aromatic rings. The molecule has 1 heterocycles. The van der Waals surface area contributed by atoms with Crippen LogP contribution in [0.3, 0.4) is 0 Å². The predicted molar refractivity (Wildman–Crippen MR) is 88.7 cm³/mol. The Hall–Kier alpha value is -0.630. The smallest absolute Gasteiger partial charge is 0.242 e. The lowest BCUT2D eigenvalue weighted by Gasteiger charge is -2.19. The SMILES string of the molecule is Nc1ccc(Br)cc1S(=O)(=O)NCCN1CCCCCC1. The van der Waals surface area contributed by atoms with Crippen molar-refractivity contribution in [2.24, 2.45) is 0 Å². The van der Waals surface area contributed by atoms with Gasteiger partial charge in [0.2, 0.25) is 10.0 Å². The highest BCUT2D eigenvalue weighted by atomic mass is 79.9. The van der Waals surface area contributed by atoms with Crippen LogP contribution in [0.25, 0.3) is 0 Å². The van der Waals surface area contributed by atoms with Crippen LogP contribution in [0.2, 0.25) is 0 Å². The zero-order chi connectivity index (χ0) is 15.3. The summed E-state index contributed by atoms with van der Waals surface area (Å²) >= 11 is 3.27. The minimum Gasteiger partial charge on any atom is -0.398 e. The number of nitrogens with one attached hydrogen (secondary N) is 1. The van der Waals surface area contributed by atoms with E-state index in [1.165, 1.54) is 31.7 Å². The third-order valence-electron chi connectivity index (χ3n) is 3.68. The van der Waals surface area contributed by atoms with Crippen LogP contribution in [-0.2, 0) is 10.0 Å². The minimum absolute atomic E-state index is 0.132. The Morgan fingerprint density at radius 3 is 2.52 bits per heavy atom. The quantitative estimate of drug-likeness (QED) is 0.773. The molecule has 0 aliphatic carbocycles. The van der Waals surface area contributed by atoms with Crippen LogP contribution in [0.1, 0.15) is 25.7 Å². The summed E-state index contributed by atoms with van der Waals surface area (Å²) in [5.74, 6) is 0. The number of hydrogen-bond acceptors (Lipinski definition) is 4. The van der Waals surface area contributed by atoms with Crippen molar-refractivity contribution in [3.63, 3.8) is 0 Å². The standard InChI is InChI=1S/C14H22BrN3O2S/c15-12-5-6-13(16)14(11-12)21(19,20)17-7-10-18-8-3-1-2-4-9-18/h5-6,11,17H,1-4,7-10,16H2. The molecule has 0 radical (unpaired) electrons. The van der Waals surface area contributed by atoms with Gasteiger partial charge in [0.05, 0.1) is 5.69 Å². The van der Waals surface area contributed by atoms with E-state index in [-0.39, 0.29) is 10.6 Å². The number of halogens is 1. The molecule has 2 rings (SSSR count). The first kappa shape index (κ1) is 16.7. The van der Waals surface area contributed by atoms with Gasteiger partial charge in [-0.05, 0) is 44.1 Å². The average Bonchev–Trinajstić information content (AvgIpc) is 2.70. The number of rotatable bonds is 5. The molecule has 7 heteroatoms. The number of sulfonamides is 1. The summed E-state index contributed by atoms with van der Waals surface area (Å²) < 4.78 is 27.9. The number of nitrogen functional groups attached to an aromatic ring is 1. The van der Waals surface area contributed by atoms with Crippen LogP contribution in [0, 0.1) is 0 Å². The maximum absolute atomic E-state index is 12.3. The molecule has 0 saturated carbocycles. The summed E-state index contributed by atoms with van der Waals surface area (Å²) in [4.78, 5) is 2.45.